The van der Waals surface area contributed by atoms with Gasteiger partial charge in [0, 0.05) is 6.42 Å². The van der Waals surface area contributed by atoms with Crippen LogP contribution in [0.15, 0.2) is 53.8 Å². The van der Waals surface area contributed by atoms with E-state index in [9.17, 15) is 14.7 Å². The van der Waals surface area contributed by atoms with Crippen molar-refractivity contribution in [2.24, 2.45) is 0 Å². The summed E-state index contributed by atoms with van der Waals surface area (Å²) < 4.78 is 5.70. The van der Waals surface area contributed by atoms with Crippen molar-refractivity contribution in [3.05, 3.63) is 64.9 Å². The standard InChI is InChI=1S/C24H25N3O4/c1-5-19(28)20-21(15-7-9-16(10-8-15)31-13(2)3)27(23(30)22(20)29)24-25-17-11-6-14(4)12-18(17)26-24/h6-13,21,29H,5H2,1-4H3,(H,25,26). The number of carbonyl (C=O) groups excluding carboxylic acids is 2. The number of rotatable bonds is 6. The van der Waals surface area contributed by atoms with Crippen LogP contribution in [0.3, 0.4) is 0 Å². The van der Waals surface area contributed by atoms with E-state index in [0.29, 0.717) is 16.8 Å². The van der Waals surface area contributed by atoms with Crippen molar-refractivity contribution >= 4 is 28.7 Å². The molecule has 2 aromatic carbocycles. The first-order chi connectivity index (χ1) is 14.8. The van der Waals surface area contributed by atoms with Gasteiger partial charge in [-0.25, -0.2) is 4.98 Å². The largest absolute Gasteiger partial charge is 0.503 e. The minimum Gasteiger partial charge on any atom is -0.503 e. The van der Waals surface area contributed by atoms with E-state index in [0.717, 1.165) is 11.1 Å². The Hall–Kier alpha value is -3.61. The number of fused-ring (bicyclic) bond motifs is 1. The van der Waals surface area contributed by atoms with Gasteiger partial charge in [0.25, 0.3) is 5.91 Å². The molecule has 0 fully saturated rings. The monoisotopic (exact) mass is 419 g/mol. The second-order valence-electron chi connectivity index (χ2n) is 7.93. The Labute approximate surface area is 180 Å². The van der Waals surface area contributed by atoms with Gasteiger partial charge in [-0.05, 0) is 56.2 Å². The molecule has 31 heavy (non-hydrogen) atoms. The molecule has 0 bridgehead atoms. The molecule has 1 amide bonds. The van der Waals surface area contributed by atoms with Gasteiger partial charge in [-0.2, -0.15) is 0 Å². The minimum atomic E-state index is -0.783. The van der Waals surface area contributed by atoms with Crippen molar-refractivity contribution in [2.45, 2.75) is 46.3 Å². The molecular formula is C24H25N3O4. The number of aliphatic hydroxyl groups excluding tert-OH is 1. The van der Waals surface area contributed by atoms with Crippen LogP contribution in [0.5, 0.6) is 5.75 Å². The number of amides is 1. The summed E-state index contributed by atoms with van der Waals surface area (Å²) in [7, 11) is 0. The number of imidazole rings is 1. The number of aromatic amines is 1. The van der Waals surface area contributed by atoms with Crippen LogP contribution in [0.25, 0.3) is 11.0 Å². The van der Waals surface area contributed by atoms with Gasteiger partial charge in [0.2, 0.25) is 5.95 Å². The molecule has 4 rings (SSSR count). The summed E-state index contributed by atoms with van der Waals surface area (Å²) in [4.78, 5) is 34.8. The third kappa shape index (κ3) is 3.67. The van der Waals surface area contributed by atoms with Crippen molar-refractivity contribution in [2.75, 3.05) is 4.90 Å². The fourth-order valence-electron chi connectivity index (χ4n) is 3.84. The lowest BCUT2D eigenvalue weighted by Gasteiger charge is -2.24. The lowest BCUT2D eigenvalue weighted by Crippen LogP contribution is -2.31. The number of H-pyrrole nitrogens is 1. The maximum Gasteiger partial charge on any atom is 0.296 e. The highest BCUT2D eigenvalue weighted by Crippen LogP contribution is 2.41. The van der Waals surface area contributed by atoms with Crippen LogP contribution in [0.2, 0.25) is 0 Å². The average molecular weight is 419 g/mol. The molecule has 2 N–H and O–H groups in total. The number of aromatic nitrogens is 2. The Kier molecular flexibility index (Phi) is 5.27. The van der Waals surface area contributed by atoms with Crippen LogP contribution < -0.4 is 9.64 Å². The van der Waals surface area contributed by atoms with Gasteiger partial charge in [0.05, 0.1) is 28.8 Å². The first kappa shape index (κ1) is 20.7. The number of Topliss-reactive ketones (excluding diaryl/α,β-unsaturated/α-hetero) is 1. The number of benzene rings is 2. The number of hydrogen-bond acceptors (Lipinski definition) is 5. The van der Waals surface area contributed by atoms with Crippen LogP contribution >= 0.6 is 0 Å². The number of ether oxygens (including phenoxy) is 1. The van der Waals surface area contributed by atoms with Crippen LogP contribution in [0.1, 0.15) is 44.4 Å². The van der Waals surface area contributed by atoms with Gasteiger partial charge in [0.1, 0.15) is 5.75 Å². The number of aliphatic hydroxyl groups is 1. The van der Waals surface area contributed by atoms with E-state index in [4.69, 9.17) is 4.74 Å². The summed E-state index contributed by atoms with van der Waals surface area (Å²) in [6.45, 7) is 7.55. The van der Waals surface area contributed by atoms with E-state index in [2.05, 4.69) is 9.97 Å². The Morgan fingerprint density at radius 2 is 1.94 bits per heavy atom. The summed E-state index contributed by atoms with van der Waals surface area (Å²) in [6.07, 6.45) is 0.195. The smallest absolute Gasteiger partial charge is 0.296 e. The van der Waals surface area contributed by atoms with Crippen LogP contribution in [0.4, 0.5) is 5.95 Å². The molecule has 3 aromatic rings. The van der Waals surface area contributed by atoms with Gasteiger partial charge >= 0.3 is 0 Å². The lowest BCUT2D eigenvalue weighted by atomic mass is 9.95. The molecule has 160 valence electrons. The fourth-order valence-corrected chi connectivity index (χ4v) is 3.84. The molecule has 2 heterocycles. The van der Waals surface area contributed by atoms with Crippen molar-refractivity contribution in [1.82, 2.24) is 9.97 Å². The number of ketones is 1. The number of nitrogens with zero attached hydrogens (tertiary/aromatic N) is 2. The number of anilines is 1. The van der Waals surface area contributed by atoms with E-state index >= 15 is 0 Å². The maximum absolute atomic E-state index is 13.1. The second-order valence-corrected chi connectivity index (χ2v) is 7.93. The number of aryl methyl sites for hydroxylation is 1. The Morgan fingerprint density at radius 3 is 2.58 bits per heavy atom. The highest BCUT2D eigenvalue weighted by atomic mass is 16.5. The first-order valence-corrected chi connectivity index (χ1v) is 10.3. The SMILES string of the molecule is CCC(=O)C1=C(O)C(=O)N(c2nc3ccc(C)cc3[nH]2)C1c1ccc(OC(C)C)cc1. The molecule has 0 radical (unpaired) electrons. The summed E-state index contributed by atoms with van der Waals surface area (Å²) in [6, 6.07) is 12.1. The molecular weight excluding hydrogens is 394 g/mol. The molecule has 1 aromatic heterocycles. The molecule has 0 saturated heterocycles. The zero-order valence-corrected chi connectivity index (χ0v) is 18.0. The van der Waals surface area contributed by atoms with Gasteiger partial charge in [-0.3, -0.25) is 14.5 Å². The lowest BCUT2D eigenvalue weighted by molar-refractivity contribution is -0.118. The molecule has 1 unspecified atom stereocenters. The topological polar surface area (TPSA) is 95.5 Å². The van der Waals surface area contributed by atoms with Gasteiger partial charge in [-0.15, -0.1) is 0 Å². The van der Waals surface area contributed by atoms with Crippen LogP contribution in [-0.2, 0) is 9.59 Å². The highest BCUT2D eigenvalue weighted by molar-refractivity contribution is 6.16. The summed E-state index contributed by atoms with van der Waals surface area (Å²) in [5.74, 6) is -0.502. The summed E-state index contributed by atoms with van der Waals surface area (Å²) in [5, 5.41) is 10.6. The molecule has 1 aliphatic rings. The Morgan fingerprint density at radius 1 is 1.23 bits per heavy atom. The van der Waals surface area contributed by atoms with E-state index in [1.165, 1.54) is 4.90 Å². The number of hydrogen-bond donors (Lipinski definition) is 2. The van der Waals surface area contributed by atoms with E-state index < -0.39 is 17.7 Å². The molecule has 7 nitrogen and oxygen atoms in total. The van der Waals surface area contributed by atoms with Crippen LogP contribution in [-0.4, -0.2) is 32.9 Å². The van der Waals surface area contributed by atoms with Crippen molar-refractivity contribution in [3.63, 3.8) is 0 Å². The average Bonchev–Trinajstić information content (AvgIpc) is 3.26. The first-order valence-electron chi connectivity index (χ1n) is 10.3. The van der Waals surface area contributed by atoms with E-state index in [1.807, 2.05) is 39.0 Å². The van der Waals surface area contributed by atoms with E-state index in [-0.39, 0.29) is 29.8 Å². The Balaban J connectivity index is 1.82. The molecule has 1 aliphatic heterocycles. The minimum absolute atomic E-state index is 0.0237. The molecule has 0 saturated carbocycles. The fraction of sp³-hybridized carbons (Fsp3) is 0.292. The second kappa shape index (κ2) is 7.91. The molecule has 1 atom stereocenters. The van der Waals surface area contributed by atoms with E-state index in [1.54, 1.807) is 31.2 Å². The van der Waals surface area contributed by atoms with Gasteiger partial charge in [0.15, 0.2) is 11.5 Å². The molecule has 0 spiro atoms. The van der Waals surface area contributed by atoms with Gasteiger partial charge < -0.3 is 14.8 Å². The normalized spacial score (nSPS) is 16.6. The van der Waals surface area contributed by atoms with Gasteiger partial charge in [-0.1, -0.05) is 25.1 Å². The molecule has 0 aliphatic carbocycles. The third-order valence-corrected chi connectivity index (χ3v) is 5.25. The Bertz CT molecular complexity index is 1190. The zero-order valence-electron chi connectivity index (χ0n) is 18.0. The van der Waals surface area contributed by atoms with Crippen molar-refractivity contribution in [3.8, 4) is 5.75 Å². The third-order valence-electron chi connectivity index (χ3n) is 5.25. The van der Waals surface area contributed by atoms with Crippen LogP contribution in [0, 0.1) is 6.92 Å². The predicted molar refractivity (Wildman–Crippen MR) is 118 cm³/mol. The zero-order chi connectivity index (χ0) is 22.3. The predicted octanol–water partition coefficient (Wildman–Crippen LogP) is 4.54. The van der Waals surface area contributed by atoms with Crippen molar-refractivity contribution in [1.29, 1.82) is 0 Å². The number of nitrogens with one attached hydrogen (secondary N) is 1. The summed E-state index contributed by atoms with van der Waals surface area (Å²) in [5.41, 5.74) is 3.29. The molecule has 7 heteroatoms. The maximum atomic E-state index is 13.1. The quantitative estimate of drug-likeness (QED) is 0.612. The highest BCUT2D eigenvalue weighted by Gasteiger charge is 2.45. The number of carbonyl (C=O) groups is 2. The summed E-state index contributed by atoms with van der Waals surface area (Å²) >= 11 is 0. The van der Waals surface area contributed by atoms with Crippen molar-refractivity contribution < 1.29 is 19.4 Å².